The maximum Gasteiger partial charge on any atom is 0.168 e. The predicted molar refractivity (Wildman–Crippen MR) is 62.0 cm³/mol. The molecule has 2 N–H and O–H groups in total. The zero-order valence-corrected chi connectivity index (χ0v) is 9.21. The van der Waals surface area contributed by atoms with E-state index in [0.29, 0.717) is 11.4 Å². The Morgan fingerprint density at radius 2 is 1.82 bits per heavy atom. The summed E-state index contributed by atoms with van der Waals surface area (Å²) in [6, 6.07) is 8.18. The van der Waals surface area contributed by atoms with E-state index in [1.165, 1.54) is 6.07 Å². The molecule has 4 heteroatoms. The Hall–Kier alpha value is -2.10. The maximum absolute atomic E-state index is 13.3. The van der Waals surface area contributed by atoms with Gasteiger partial charge in [-0.3, -0.25) is 0 Å². The molecule has 0 saturated heterocycles. The van der Waals surface area contributed by atoms with Gasteiger partial charge in [0.1, 0.15) is 11.6 Å². The van der Waals surface area contributed by atoms with Gasteiger partial charge in [0, 0.05) is 17.8 Å². The average Bonchev–Trinajstić information content (AvgIpc) is 2.27. The zero-order valence-electron chi connectivity index (χ0n) is 9.21. The lowest BCUT2D eigenvalue weighted by Gasteiger charge is -2.08. The van der Waals surface area contributed by atoms with Crippen molar-refractivity contribution in [1.82, 2.24) is 0 Å². The summed E-state index contributed by atoms with van der Waals surface area (Å²) in [7, 11) is 0. The fraction of sp³-hybridized carbons (Fsp3) is 0.0769. The second-order valence-electron chi connectivity index (χ2n) is 3.70. The Kier molecular flexibility index (Phi) is 2.95. The van der Waals surface area contributed by atoms with E-state index < -0.39 is 11.6 Å². The van der Waals surface area contributed by atoms with Crippen molar-refractivity contribution in [3.63, 3.8) is 0 Å². The van der Waals surface area contributed by atoms with Crippen LogP contribution in [0.3, 0.4) is 0 Å². The standard InChI is InChI=1S/C13H11F2NO/c1-8-2-4-10(7-12(8)16)17-13-5-3-9(14)6-11(13)15/h2-7H,16H2,1H3. The summed E-state index contributed by atoms with van der Waals surface area (Å²) >= 11 is 0. The molecule has 0 aliphatic rings. The fourth-order valence-electron chi connectivity index (χ4n) is 1.37. The van der Waals surface area contributed by atoms with Gasteiger partial charge in [-0.1, -0.05) is 6.07 Å². The molecule has 0 atom stereocenters. The summed E-state index contributed by atoms with van der Waals surface area (Å²) in [5.41, 5.74) is 7.18. The number of rotatable bonds is 2. The zero-order chi connectivity index (χ0) is 12.4. The highest BCUT2D eigenvalue weighted by molar-refractivity contribution is 5.51. The van der Waals surface area contributed by atoms with Crippen LogP contribution in [0, 0.1) is 18.6 Å². The molecular weight excluding hydrogens is 224 g/mol. The number of aryl methyl sites for hydroxylation is 1. The summed E-state index contributed by atoms with van der Waals surface area (Å²) in [6.07, 6.45) is 0. The Bertz CT molecular complexity index is 555. The third kappa shape index (κ3) is 2.53. The van der Waals surface area contributed by atoms with Crippen molar-refractivity contribution in [2.45, 2.75) is 6.92 Å². The minimum atomic E-state index is -0.746. The van der Waals surface area contributed by atoms with Gasteiger partial charge in [0.2, 0.25) is 0 Å². The van der Waals surface area contributed by atoms with Crippen molar-refractivity contribution < 1.29 is 13.5 Å². The molecule has 0 aromatic heterocycles. The monoisotopic (exact) mass is 235 g/mol. The van der Waals surface area contributed by atoms with E-state index >= 15 is 0 Å². The highest BCUT2D eigenvalue weighted by Crippen LogP contribution is 2.27. The van der Waals surface area contributed by atoms with Gasteiger partial charge in [-0.2, -0.15) is 0 Å². The fourth-order valence-corrected chi connectivity index (χ4v) is 1.37. The SMILES string of the molecule is Cc1ccc(Oc2ccc(F)cc2F)cc1N. The first kappa shape index (κ1) is 11.4. The molecule has 17 heavy (non-hydrogen) atoms. The van der Waals surface area contributed by atoms with Gasteiger partial charge in [0.15, 0.2) is 11.6 Å². The Morgan fingerprint density at radius 1 is 1.06 bits per heavy atom. The second-order valence-corrected chi connectivity index (χ2v) is 3.70. The number of nitrogens with two attached hydrogens (primary N) is 1. The topological polar surface area (TPSA) is 35.2 Å². The molecule has 0 spiro atoms. The number of nitrogen functional groups attached to an aromatic ring is 1. The first-order valence-electron chi connectivity index (χ1n) is 5.05. The normalized spacial score (nSPS) is 10.3. The van der Waals surface area contributed by atoms with Crippen LogP contribution in [0.4, 0.5) is 14.5 Å². The van der Waals surface area contributed by atoms with Crippen molar-refractivity contribution in [3.05, 3.63) is 53.6 Å². The highest BCUT2D eigenvalue weighted by atomic mass is 19.1. The van der Waals surface area contributed by atoms with E-state index in [1.54, 1.807) is 18.2 Å². The molecule has 0 aliphatic carbocycles. The smallest absolute Gasteiger partial charge is 0.168 e. The Labute approximate surface area is 97.6 Å². The van der Waals surface area contributed by atoms with E-state index in [4.69, 9.17) is 10.5 Å². The van der Waals surface area contributed by atoms with Gasteiger partial charge >= 0.3 is 0 Å². The van der Waals surface area contributed by atoms with Gasteiger partial charge < -0.3 is 10.5 Å². The molecule has 0 aliphatic heterocycles. The van der Waals surface area contributed by atoms with E-state index in [-0.39, 0.29) is 5.75 Å². The molecule has 0 saturated carbocycles. The molecule has 2 rings (SSSR count). The van der Waals surface area contributed by atoms with Crippen LogP contribution in [-0.2, 0) is 0 Å². The number of hydrogen-bond acceptors (Lipinski definition) is 2. The van der Waals surface area contributed by atoms with E-state index in [2.05, 4.69) is 0 Å². The number of halogens is 2. The van der Waals surface area contributed by atoms with Gasteiger partial charge in [-0.25, -0.2) is 8.78 Å². The Morgan fingerprint density at radius 3 is 2.47 bits per heavy atom. The minimum Gasteiger partial charge on any atom is -0.454 e. The maximum atomic E-state index is 13.3. The molecule has 2 nitrogen and oxygen atoms in total. The summed E-state index contributed by atoms with van der Waals surface area (Å²) in [4.78, 5) is 0. The summed E-state index contributed by atoms with van der Waals surface area (Å²) < 4.78 is 31.3. The van der Waals surface area contributed by atoms with Crippen LogP contribution in [0.25, 0.3) is 0 Å². The van der Waals surface area contributed by atoms with Crippen LogP contribution >= 0.6 is 0 Å². The van der Waals surface area contributed by atoms with Crippen molar-refractivity contribution in [2.75, 3.05) is 5.73 Å². The summed E-state index contributed by atoms with van der Waals surface area (Å²) in [6.45, 7) is 1.86. The molecule has 0 bridgehead atoms. The number of benzene rings is 2. The third-order valence-electron chi connectivity index (χ3n) is 2.37. The van der Waals surface area contributed by atoms with Crippen molar-refractivity contribution in [3.8, 4) is 11.5 Å². The van der Waals surface area contributed by atoms with Gasteiger partial charge in [0.25, 0.3) is 0 Å². The molecule has 2 aromatic rings. The quantitative estimate of drug-likeness (QED) is 0.806. The lowest BCUT2D eigenvalue weighted by molar-refractivity contribution is 0.438. The first-order chi connectivity index (χ1) is 8.06. The van der Waals surface area contributed by atoms with Gasteiger partial charge in [-0.05, 0) is 30.7 Å². The van der Waals surface area contributed by atoms with Crippen LogP contribution in [0.15, 0.2) is 36.4 Å². The van der Waals surface area contributed by atoms with Crippen molar-refractivity contribution >= 4 is 5.69 Å². The number of hydrogen-bond donors (Lipinski definition) is 1. The molecule has 0 radical (unpaired) electrons. The Balaban J connectivity index is 2.28. The molecule has 0 amide bonds. The largest absolute Gasteiger partial charge is 0.454 e. The third-order valence-corrected chi connectivity index (χ3v) is 2.37. The minimum absolute atomic E-state index is 0.0327. The molecule has 88 valence electrons. The van der Waals surface area contributed by atoms with E-state index in [9.17, 15) is 8.78 Å². The second kappa shape index (κ2) is 4.41. The van der Waals surface area contributed by atoms with E-state index in [0.717, 1.165) is 17.7 Å². The lowest BCUT2D eigenvalue weighted by Crippen LogP contribution is -1.93. The average molecular weight is 235 g/mol. The molecule has 0 fully saturated rings. The van der Waals surface area contributed by atoms with Crippen molar-refractivity contribution in [1.29, 1.82) is 0 Å². The van der Waals surface area contributed by atoms with Crippen LogP contribution in [-0.4, -0.2) is 0 Å². The summed E-state index contributed by atoms with van der Waals surface area (Å²) in [5, 5.41) is 0. The summed E-state index contributed by atoms with van der Waals surface area (Å²) in [5.74, 6) is -1.00. The number of anilines is 1. The van der Waals surface area contributed by atoms with Crippen LogP contribution < -0.4 is 10.5 Å². The highest BCUT2D eigenvalue weighted by Gasteiger charge is 2.06. The molecule has 0 unspecified atom stereocenters. The number of ether oxygens (including phenoxy) is 1. The van der Waals surface area contributed by atoms with Gasteiger partial charge in [-0.15, -0.1) is 0 Å². The molecule has 0 heterocycles. The van der Waals surface area contributed by atoms with Crippen LogP contribution in [0.1, 0.15) is 5.56 Å². The molecular formula is C13H11F2NO. The van der Waals surface area contributed by atoms with Crippen LogP contribution in [0.5, 0.6) is 11.5 Å². The first-order valence-corrected chi connectivity index (χ1v) is 5.05. The van der Waals surface area contributed by atoms with Gasteiger partial charge in [0.05, 0.1) is 0 Å². The lowest BCUT2D eigenvalue weighted by atomic mass is 10.2. The van der Waals surface area contributed by atoms with Crippen molar-refractivity contribution in [2.24, 2.45) is 0 Å². The predicted octanol–water partition coefficient (Wildman–Crippen LogP) is 3.65. The molecule has 2 aromatic carbocycles. The van der Waals surface area contributed by atoms with Crippen LogP contribution in [0.2, 0.25) is 0 Å². The van der Waals surface area contributed by atoms with E-state index in [1.807, 2.05) is 6.92 Å².